The van der Waals surface area contributed by atoms with Gasteiger partial charge in [0.05, 0.1) is 12.2 Å². The highest BCUT2D eigenvalue weighted by Gasteiger charge is 2.55. The zero-order chi connectivity index (χ0) is 10.4. The van der Waals surface area contributed by atoms with Gasteiger partial charge in [-0.2, -0.15) is 0 Å². The minimum atomic E-state index is -3.34. The van der Waals surface area contributed by atoms with Crippen LogP contribution in [0.25, 0.3) is 0 Å². The summed E-state index contributed by atoms with van der Waals surface area (Å²) in [7, 11) is -3.34. The van der Waals surface area contributed by atoms with Crippen molar-refractivity contribution in [2.24, 2.45) is 5.92 Å². The van der Waals surface area contributed by atoms with Crippen LogP contribution in [0.1, 0.15) is 19.8 Å². The average molecular weight is 217 g/mol. The molecule has 0 aromatic heterocycles. The van der Waals surface area contributed by atoms with Gasteiger partial charge in [0.25, 0.3) is 0 Å². The molecule has 4 nitrogen and oxygen atoms in total. The highest BCUT2D eigenvalue weighted by atomic mass is 32.2. The standard InChI is InChI=1S/C9H15NO3S/c1-3-14(11,12)10-7(2)9-4-8(5-9)6-13-9/h3,7-8,10H,1,4-6H2,2H3. The average Bonchev–Trinajstić information content (AvgIpc) is 2.60. The summed E-state index contributed by atoms with van der Waals surface area (Å²) in [4.78, 5) is 0. The number of fused-ring (bicyclic) bond motifs is 1. The topological polar surface area (TPSA) is 55.4 Å². The van der Waals surface area contributed by atoms with Crippen molar-refractivity contribution in [2.45, 2.75) is 31.4 Å². The van der Waals surface area contributed by atoms with Gasteiger partial charge in [-0.3, -0.25) is 0 Å². The van der Waals surface area contributed by atoms with Gasteiger partial charge in [-0.05, 0) is 25.7 Å². The van der Waals surface area contributed by atoms with Crippen molar-refractivity contribution in [3.63, 3.8) is 0 Å². The first-order valence-corrected chi connectivity index (χ1v) is 6.31. The lowest BCUT2D eigenvalue weighted by Crippen LogP contribution is -2.54. The second-order valence-corrected chi connectivity index (χ2v) is 5.86. The fraction of sp³-hybridized carbons (Fsp3) is 0.778. The maximum Gasteiger partial charge on any atom is 0.233 e. The number of ether oxygens (including phenoxy) is 1. The molecule has 3 aliphatic rings. The normalized spacial score (nSPS) is 37.6. The Morgan fingerprint density at radius 2 is 2.29 bits per heavy atom. The van der Waals surface area contributed by atoms with E-state index in [4.69, 9.17) is 4.74 Å². The molecule has 5 heteroatoms. The minimum Gasteiger partial charge on any atom is -0.373 e. The quantitative estimate of drug-likeness (QED) is 0.751. The summed E-state index contributed by atoms with van der Waals surface area (Å²) in [5, 5.41) is 0.936. The van der Waals surface area contributed by atoms with E-state index in [0.29, 0.717) is 5.92 Å². The lowest BCUT2D eigenvalue weighted by Gasteiger charge is -2.40. The fourth-order valence-corrected chi connectivity index (χ4v) is 3.12. The molecule has 1 atom stereocenters. The van der Waals surface area contributed by atoms with Gasteiger partial charge in [0, 0.05) is 11.4 Å². The molecule has 1 N–H and O–H groups in total. The third-order valence-electron chi connectivity index (χ3n) is 3.22. The molecular formula is C9H15NO3S. The van der Waals surface area contributed by atoms with Gasteiger partial charge < -0.3 is 4.74 Å². The van der Waals surface area contributed by atoms with Crippen molar-refractivity contribution in [3.05, 3.63) is 12.0 Å². The predicted molar refractivity (Wildman–Crippen MR) is 53.1 cm³/mol. The Labute approximate surface area is 84.4 Å². The Morgan fingerprint density at radius 1 is 1.64 bits per heavy atom. The number of sulfonamides is 1. The Balaban J connectivity index is 2.03. The molecule has 0 aromatic rings. The molecule has 1 unspecified atom stereocenters. The second-order valence-electron chi connectivity index (χ2n) is 4.20. The summed E-state index contributed by atoms with van der Waals surface area (Å²) in [5.74, 6) is 0.644. The van der Waals surface area contributed by atoms with Crippen LogP contribution in [-0.4, -0.2) is 26.7 Å². The Hall–Kier alpha value is -0.390. The minimum absolute atomic E-state index is 0.163. The first-order chi connectivity index (χ1) is 6.47. The van der Waals surface area contributed by atoms with E-state index in [1.54, 1.807) is 0 Å². The van der Waals surface area contributed by atoms with Crippen LogP contribution in [-0.2, 0) is 14.8 Å². The van der Waals surface area contributed by atoms with Crippen molar-refractivity contribution < 1.29 is 13.2 Å². The monoisotopic (exact) mass is 217 g/mol. The molecular weight excluding hydrogens is 202 g/mol. The Morgan fingerprint density at radius 3 is 2.71 bits per heavy atom. The maximum atomic E-state index is 11.2. The fourth-order valence-electron chi connectivity index (χ4n) is 2.32. The summed E-state index contributed by atoms with van der Waals surface area (Å²) >= 11 is 0. The molecule has 2 bridgehead atoms. The van der Waals surface area contributed by atoms with Crippen molar-refractivity contribution in [1.29, 1.82) is 0 Å². The number of rotatable bonds is 4. The molecule has 3 fully saturated rings. The first-order valence-electron chi connectivity index (χ1n) is 4.76. The molecule has 0 spiro atoms. The summed E-state index contributed by atoms with van der Waals surface area (Å²) in [6, 6.07) is -0.163. The van der Waals surface area contributed by atoms with E-state index >= 15 is 0 Å². The molecule has 1 aliphatic carbocycles. The van der Waals surface area contributed by atoms with Crippen LogP contribution in [0.5, 0.6) is 0 Å². The molecule has 2 heterocycles. The number of nitrogens with one attached hydrogen (secondary N) is 1. The van der Waals surface area contributed by atoms with Crippen molar-refractivity contribution >= 4 is 10.0 Å². The number of hydrogen-bond acceptors (Lipinski definition) is 3. The van der Waals surface area contributed by atoms with E-state index in [2.05, 4.69) is 11.3 Å². The largest absolute Gasteiger partial charge is 0.373 e. The van der Waals surface area contributed by atoms with Crippen molar-refractivity contribution in [1.82, 2.24) is 4.72 Å². The van der Waals surface area contributed by atoms with E-state index in [-0.39, 0.29) is 11.6 Å². The zero-order valence-corrected chi connectivity index (χ0v) is 9.01. The Bertz CT molecular complexity index is 338. The summed E-state index contributed by atoms with van der Waals surface area (Å²) < 4.78 is 30.6. The smallest absolute Gasteiger partial charge is 0.233 e. The van der Waals surface area contributed by atoms with Crippen LogP contribution in [0.3, 0.4) is 0 Å². The van der Waals surface area contributed by atoms with Gasteiger partial charge >= 0.3 is 0 Å². The van der Waals surface area contributed by atoms with E-state index in [0.717, 1.165) is 24.9 Å². The molecule has 0 radical (unpaired) electrons. The van der Waals surface area contributed by atoms with Gasteiger partial charge in [-0.25, -0.2) is 13.1 Å². The molecule has 2 aliphatic heterocycles. The SMILES string of the molecule is C=CS(=O)(=O)NC(C)C12CC(CO1)C2. The van der Waals surface area contributed by atoms with Crippen LogP contribution in [0.15, 0.2) is 12.0 Å². The van der Waals surface area contributed by atoms with Crippen molar-refractivity contribution in [3.8, 4) is 0 Å². The van der Waals surface area contributed by atoms with E-state index < -0.39 is 10.0 Å². The third-order valence-corrected chi connectivity index (χ3v) is 4.35. The van der Waals surface area contributed by atoms with E-state index in [1.807, 2.05) is 6.92 Å². The highest BCUT2D eigenvalue weighted by molar-refractivity contribution is 7.92. The molecule has 3 rings (SSSR count). The summed E-state index contributed by atoms with van der Waals surface area (Å²) in [6.45, 7) is 5.88. The summed E-state index contributed by atoms with van der Waals surface area (Å²) in [5.41, 5.74) is -0.235. The third kappa shape index (κ3) is 1.49. The first kappa shape index (κ1) is 10.1. The maximum absolute atomic E-state index is 11.2. The van der Waals surface area contributed by atoms with Crippen LogP contribution < -0.4 is 4.72 Å². The number of hydrogen-bond donors (Lipinski definition) is 1. The molecule has 14 heavy (non-hydrogen) atoms. The zero-order valence-electron chi connectivity index (χ0n) is 8.19. The second kappa shape index (κ2) is 3.05. The van der Waals surface area contributed by atoms with Gasteiger partial charge in [-0.15, -0.1) is 0 Å². The van der Waals surface area contributed by atoms with Crippen LogP contribution in [0.2, 0.25) is 0 Å². The van der Waals surface area contributed by atoms with Gasteiger partial charge in [0.1, 0.15) is 0 Å². The van der Waals surface area contributed by atoms with Gasteiger partial charge in [-0.1, -0.05) is 6.58 Å². The van der Waals surface area contributed by atoms with Crippen LogP contribution in [0, 0.1) is 5.92 Å². The van der Waals surface area contributed by atoms with Crippen LogP contribution >= 0.6 is 0 Å². The Kier molecular flexibility index (Phi) is 2.21. The van der Waals surface area contributed by atoms with E-state index in [9.17, 15) is 8.42 Å². The van der Waals surface area contributed by atoms with Gasteiger partial charge in [0.2, 0.25) is 10.0 Å². The van der Waals surface area contributed by atoms with Crippen molar-refractivity contribution in [2.75, 3.05) is 6.61 Å². The van der Waals surface area contributed by atoms with E-state index in [1.165, 1.54) is 0 Å². The molecule has 80 valence electrons. The molecule has 0 aromatic carbocycles. The molecule has 2 saturated heterocycles. The lowest BCUT2D eigenvalue weighted by molar-refractivity contribution is -0.0209. The highest BCUT2D eigenvalue weighted by Crippen LogP contribution is 2.50. The van der Waals surface area contributed by atoms with Crippen LogP contribution in [0.4, 0.5) is 0 Å². The molecule has 0 amide bonds. The predicted octanol–water partition coefficient (Wildman–Crippen LogP) is 0.617. The lowest BCUT2D eigenvalue weighted by atomic mass is 9.71. The summed E-state index contributed by atoms with van der Waals surface area (Å²) in [6.07, 6.45) is 1.96. The molecule has 1 saturated carbocycles. The van der Waals surface area contributed by atoms with Gasteiger partial charge in [0.15, 0.2) is 0 Å².